The lowest BCUT2D eigenvalue weighted by Gasteiger charge is -2.34. The monoisotopic (exact) mass is 263 g/mol. The summed E-state index contributed by atoms with van der Waals surface area (Å²) in [6.45, 7) is 3.36. The molecule has 2 aliphatic rings. The van der Waals surface area contributed by atoms with Crippen molar-refractivity contribution < 1.29 is 14.3 Å². The van der Waals surface area contributed by atoms with Crippen LogP contribution in [0.1, 0.15) is 37.9 Å². The molecule has 2 heterocycles. The van der Waals surface area contributed by atoms with E-state index in [0.29, 0.717) is 6.54 Å². The van der Waals surface area contributed by atoms with Crippen LogP contribution in [0.15, 0.2) is 22.8 Å². The molecule has 1 amide bonds. The van der Waals surface area contributed by atoms with Gasteiger partial charge in [-0.3, -0.25) is 4.79 Å². The minimum Gasteiger partial charge on any atom is -0.469 e. The maximum atomic E-state index is 12.4. The smallest absolute Gasteiger partial charge is 0.226 e. The Labute approximate surface area is 113 Å². The second-order valence-electron chi connectivity index (χ2n) is 5.89. The van der Waals surface area contributed by atoms with Gasteiger partial charge in [0.05, 0.1) is 12.4 Å². The summed E-state index contributed by atoms with van der Waals surface area (Å²) in [6, 6.07) is 3.83. The van der Waals surface area contributed by atoms with Crippen molar-refractivity contribution in [2.45, 2.75) is 38.2 Å². The third-order valence-electron chi connectivity index (χ3n) is 4.47. The highest BCUT2D eigenvalue weighted by molar-refractivity contribution is 5.83. The predicted octanol–water partition coefficient (Wildman–Crippen LogP) is 2.00. The molecule has 1 aromatic heterocycles. The number of hydrogen-bond acceptors (Lipinski definition) is 3. The fourth-order valence-electron chi connectivity index (χ4n) is 3.12. The molecule has 104 valence electrons. The molecule has 4 atom stereocenters. The van der Waals surface area contributed by atoms with Gasteiger partial charge in [0.2, 0.25) is 5.91 Å². The highest BCUT2D eigenvalue weighted by Crippen LogP contribution is 2.48. The fraction of sp³-hybridized carbons (Fsp3) is 0.667. The summed E-state index contributed by atoms with van der Waals surface area (Å²) >= 11 is 0. The van der Waals surface area contributed by atoms with Crippen LogP contribution in [0.3, 0.4) is 0 Å². The molecular formula is C15H21NO3. The van der Waals surface area contributed by atoms with Crippen LogP contribution in [0.2, 0.25) is 0 Å². The van der Waals surface area contributed by atoms with Gasteiger partial charge in [0.25, 0.3) is 0 Å². The predicted molar refractivity (Wildman–Crippen MR) is 70.5 cm³/mol. The van der Waals surface area contributed by atoms with Crippen LogP contribution in [0.5, 0.6) is 0 Å². The number of amides is 1. The molecule has 19 heavy (non-hydrogen) atoms. The van der Waals surface area contributed by atoms with E-state index in [4.69, 9.17) is 4.42 Å². The van der Waals surface area contributed by atoms with Gasteiger partial charge in [0.1, 0.15) is 5.76 Å². The van der Waals surface area contributed by atoms with E-state index in [-0.39, 0.29) is 29.8 Å². The summed E-state index contributed by atoms with van der Waals surface area (Å²) in [5.41, 5.74) is 0. The van der Waals surface area contributed by atoms with Crippen molar-refractivity contribution in [1.29, 1.82) is 0 Å². The quantitative estimate of drug-likeness (QED) is 0.907. The third-order valence-corrected chi connectivity index (χ3v) is 4.47. The van der Waals surface area contributed by atoms with E-state index in [1.165, 1.54) is 0 Å². The van der Waals surface area contributed by atoms with Gasteiger partial charge in [-0.2, -0.15) is 0 Å². The Hall–Kier alpha value is -1.29. The zero-order chi connectivity index (χ0) is 13.4. The van der Waals surface area contributed by atoms with Crippen LogP contribution >= 0.6 is 0 Å². The van der Waals surface area contributed by atoms with Crippen molar-refractivity contribution in [2.75, 3.05) is 13.1 Å². The molecule has 1 aliphatic carbocycles. The van der Waals surface area contributed by atoms with Crippen molar-refractivity contribution >= 4 is 5.91 Å². The maximum absolute atomic E-state index is 12.4. The lowest BCUT2D eigenvalue weighted by Crippen LogP contribution is -2.43. The highest BCUT2D eigenvalue weighted by atomic mass is 16.3. The van der Waals surface area contributed by atoms with Gasteiger partial charge in [0.15, 0.2) is 0 Å². The number of nitrogens with zero attached hydrogens (tertiary/aromatic N) is 1. The third kappa shape index (κ3) is 2.54. The Morgan fingerprint density at radius 1 is 1.58 bits per heavy atom. The van der Waals surface area contributed by atoms with E-state index < -0.39 is 0 Å². The summed E-state index contributed by atoms with van der Waals surface area (Å²) < 4.78 is 5.37. The van der Waals surface area contributed by atoms with E-state index in [2.05, 4.69) is 0 Å². The molecule has 4 heteroatoms. The molecule has 1 aromatic rings. The highest BCUT2D eigenvalue weighted by Gasteiger charge is 2.48. The Morgan fingerprint density at radius 2 is 2.42 bits per heavy atom. The summed E-state index contributed by atoms with van der Waals surface area (Å²) in [6.07, 6.45) is 4.27. The Kier molecular flexibility index (Phi) is 3.35. The number of aliphatic hydroxyl groups excluding tert-OH is 1. The maximum Gasteiger partial charge on any atom is 0.226 e. The van der Waals surface area contributed by atoms with Gasteiger partial charge in [-0.25, -0.2) is 0 Å². The SMILES string of the molecule is CC(O)C1CCCN(C(=O)C2CC2c2ccco2)C1. The second-order valence-corrected chi connectivity index (χ2v) is 5.89. The molecule has 1 aliphatic heterocycles. The molecule has 3 rings (SSSR count). The Bertz CT molecular complexity index is 440. The van der Waals surface area contributed by atoms with Crippen LogP contribution in [-0.2, 0) is 4.79 Å². The van der Waals surface area contributed by atoms with E-state index in [1.54, 1.807) is 6.26 Å². The van der Waals surface area contributed by atoms with E-state index >= 15 is 0 Å². The molecule has 0 bridgehead atoms. The van der Waals surface area contributed by atoms with Crippen molar-refractivity contribution in [1.82, 2.24) is 4.90 Å². The number of piperidine rings is 1. The minimum absolute atomic E-state index is 0.0962. The van der Waals surface area contributed by atoms with Crippen LogP contribution in [-0.4, -0.2) is 35.1 Å². The normalized spacial score (nSPS) is 32.1. The van der Waals surface area contributed by atoms with Crippen molar-refractivity contribution in [2.24, 2.45) is 11.8 Å². The van der Waals surface area contributed by atoms with Crippen LogP contribution in [0.25, 0.3) is 0 Å². The first-order valence-electron chi connectivity index (χ1n) is 7.17. The van der Waals surface area contributed by atoms with Gasteiger partial charge < -0.3 is 14.4 Å². The molecule has 4 nitrogen and oxygen atoms in total. The molecule has 4 unspecified atom stereocenters. The van der Waals surface area contributed by atoms with Crippen molar-refractivity contribution in [3.05, 3.63) is 24.2 Å². The first-order chi connectivity index (χ1) is 9.16. The van der Waals surface area contributed by atoms with E-state index in [1.807, 2.05) is 24.0 Å². The molecular weight excluding hydrogens is 242 g/mol. The number of carbonyl (C=O) groups is 1. The lowest BCUT2D eigenvalue weighted by molar-refractivity contribution is -0.135. The average molecular weight is 263 g/mol. The van der Waals surface area contributed by atoms with E-state index in [9.17, 15) is 9.90 Å². The van der Waals surface area contributed by atoms with Crippen molar-refractivity contribution in [3.8, 4) is 0 Å². The Balaban J connectivity index is 1.59. The zero-order valence-corrected chi connectivity index (χ0v) is 11.3. The standard InChI is InChI=1S/C15H21NO3/c1-10(17)11-4-2-6-16(9-11)15(18)13-8-12(13)14-5-3-7-19-14/h3,5,7,10-13,17H,2,4,6,8-9H2,1H3. The zero-order valence-electron chi connectivity index (χ0n) is 11.3. The van der Waals surface area contributed by atoms with Gasteiger partial charge in [-0.15, -0.1) is 0 Å². The van der Waals surface area contributed by atoms with Crippen LogP contribution < -0.4 is 0 Å². The van der Waals surface area contributed by atoms with Gasteiger partial charge in [-0.1, -0.05) is 0 Å². The average Bonchev–Trinajstić information content (AvgIpc) is 3.03. The minimum atomic E-state index is -0.323. The molecule has 1 N–H and O–H groups in total. The molecule has 0 aromatic carbocycles. The molecule has 2 fully saturated rings. The first-order valence-corrected chi connectivity index (χ1v) is 7.17. The van der Waals surface area contributed by atoms with Gasteiger partial charge >= 0.3 is 0 Å². The number of likely N-dealkylation sites (tertiary alicyclic amines) is 1. The number of rotatable bonds is 3. The Morgan fingerprint density at radius 3 is 3.11 bits per heavy atom. The lowest BCUT2D eigenvalue weighted by atomic mass is 9.93. The first kappa shape index (κ1) is 12.7. The van der Waals surface area contributed by atoms with Crippen LogP contribution in [0, 0.1) is 11.8 Å². The largest absolute Gasteiger partial charge is 0.469 e. The topological polar surface area (TPSA) is 53.7 Å². The number of carbonyl (C=O) groups excluding carboxylic acids is 1. The summed E-state index contributed by atoms with van der Waals surface area (Å²) in [5, 5.41) is 9.68. The van der Waals surface area contributed by atoms with Gasteiger partial charge in [0, 0.05) is 30.8 Å². The number of aliphatic hydroxyl groups is 1. The second kappa shape index (κ2) is 5.00. The number of furan rings is 1. The summed E-state index contributed by atoms with van der Waals surface area (Å²) in [7, 11) is 0. The summed E-state index contributed by atoms with van der Waals surface area (Å²) in [4.78, 5) is 14.4. The summed E-state index contributed by atoms with van der Waals surface area (Å²) in [5.74, 6) is 1.78. The molecule has 1 saturated carbocycles. The van der Waals surface area contributed by atoms with Crippen molar-refractivity contribution in [3.63, 3.8) is 0 Å². The van der Waals surface area contributed by atoms with Crippen LogP contribution in [0.4, 0.5) is 0 Å². The fourth-order valence-corrected chi connectivity index (χ4v) is 3.12. The number of hydrogen-bond donors (Lipinski definition) is 1. The van der Waals surface area contributed by atoms with Gasteiger partial charge in [-0.05, 0) is 38.3 Å². The molecule has 0 radical (unpaired) electrons. The van der Waals surface area contributed by atoms with E-state index in [0.717, 1.165) is 31.6 Å². The molecule has 0 spiro atoms. The molecule has 1 saturated heterocycles.